The van der Waals surface area contributed by atoms with Gasteiger partial charge in [-0.05, 0) is 12.6 Å². The minimum absolute atomic E-state index is 0.407. The summed E-state index contributed by atoms with van der Waals surface area (Å²) < 4.78 is 0. The summed E-state index contributed by atoms with van der Waals surface area (Å²) in [5.74, 6) is 0. The molecule has 0 saturated heterocycles. The van der Waals surface area contributed by atoms with Gasteiger partial charge >= 0.3 is 0 Å². The predicted molar refractivity (Wildman–Crippen MR) is 66.1 cm³/mol. The van der Waals surface area contributed by atoms with Crippen molar-refractivity contribution in [2.75, 3.05) is 12.3 Å². The van der Waals surface area contributed by atoms with E-state index in [1.807, 2.05) is 18.2 Å². The van der Waals surface area contributed by atoms with Gasteiger partial charge in [-0.1, -0.05) is 32.6 Å². The first-order valence-corrected chi connectivity index (χ1v) is 7.10. The van der Waals surface area contributed by atoms with E-state index in [2.05, 4.69) is 6.92 Å². The summed E-state index contributed by atoms with van der Waals surface area (Å²) in [5.41, 5.74) is -1.40. The molecule has 0 bridgehead atoms. The molecule has 0 heterocycles. The lowest BCUT2D eigenvalue weighted by Crippen LogP contribution is -2.15. The largest absolute Gasteiger partial charge is 0.232 e. The number of hydrogen-bond donors (Lipinski definition) is 0. The topological polar surface area (TPSA) is 71.4 Å². The Morgan fingerprint density at radius 2 is 1.50 bits per heavy atom. The van der Waals surface area contributed by atoms with Crippen LogP contribution in [0.15, 0.2) is 0 Å². The fourth-order valence-corrected chi connectivity index (χ4v) is 2.61. The predicted octanol–water partition coefficient (Wildman–Crippen LogP) is 3.19. The first-order chi connectivity index (χ1) is 7.74. The van der Waals surface area contributed by atoms with Crippen LogP contribution in [0.25, 0.3) is 0 Å². The van der Waals surface area contributed by atoms with Crippen molar-refractivity contribution in [3.63, 3.8) is 0 Å². The summed E-state index contributed by atoms with van der Waals surface area (Å²) in [6.07, 6.45) is 7.60. The van der Waals surface area contributed by atoms with Crippen molar-refractivity contribution in [1.29, 1.82) is 15.8 Å². The summed E-state index contributed by atoms with van der Waals surface area (Å²) in [5, 5.41) is 26.3. The van der Waals surface area contributed by atoms with Crippen LogP contribution >= 0.6 is 8.58 Å². The first kappa shape index (κ1) is 14.9. The van der Waals surface area contributed by atoms with Gasteiger partial charge in [0.05, 0.1) is 0 Å². The van der Waals surface area contributed by atoms with E-state index in [-0.39, 0.29) is 0 Å². The Bertz CT molecular complexity index is 270. The molecule has 3 nitrogen and oxygen atoms in total. The van der Waals surface area contributed by atoms with Crippen LogP contribution in [0, 0.1) is 39.4 Å². The molecule has 0 N–H and O–H groups in total. The Morgan fingerprint density at radius 3 is 2.00 bits per heavy atom. The molecule has 0 rings (SSSR count). The van der Waals surface area contributed by atoms with E-state index in [4.69, 9.17) is 15.8 Å². The van der Waals surface area contributed by atoms with Gasteiger partial charge in [-0.3, -0.25) is 0 Å². The lowest BCUT2D eigenvalue weighted by molar-refractivity contribution is 0.658. The van der Waals surface area contributed by atoms with Crippen molar-refractivity contribution in [3.8, 4) is 18.2 Å². The monoisotopic (exact) mass is 235 g/mol. The zero-order valence-electron chi connectivity index (χ0n) is 9.79. The quantitative estimate of drug-likeness (QED) is 0.479. The second kappa shape index (κ2) is 9.15. The lowest BCUT2D eigenvalue weighted by Gasteiger charge is -2.08. The van der Waals surface area contributed by atoms with E-state index in [9.17, 15) is 0 Å². The maximum Gasteiger partial charge on any atom is 0.232 e. The van der Waals surface area contributed by atoms with Crippen LogP contribution in [0.3, 0.4) is 0 Å². The van der Waals surface area contributed by atoms with Gasteiger partial charge in [0.15, 0.2) is 0 Å². The van der Waals surface area contributed by atoms with Crippen molar-refractivity contribution in [2.24, 2.45) is 5.41 Å². The van der Waals surface area contributed by atoms with Crippen LogP contribution in [0.1, 0.15) is 39.0 Å². The molecule has 86 valence electrons. The molecule has 0 spiro atoms. The van der Waals surface area contributed by atoms with Crippen molar-refractivity contribution < 1.29 is 0 Å². The van der Waals surface area contributed by atoms with Gasteiger partial charge in [0.1, 0.15) is 18.2 Å². The number of hydrogen-bond acceptors (Lipinski definition) is 3. The number of rotatable bonds is 8. The molecule has 1 atom stereocenters. The maximum atomic E-state index is 8.76. The highest BCUT2D eigenvalue weighted by Crippen LogP contribution is 2.26. The number of nitrogens with zero attached hydrogens (tertiary/aromatic N) is 3. The van der Waals surface area contributed by atoms with Crippen LogP contribution in [0.5, 0.6) is 0 Å². The maximum absolute atomic E-state index is 8.76. The van der Waals surface area contributed by atoms with Crippen LogP contribution in [0.2, 0.25) is 0 Å². The van der Waals surface area contributed by atoms with Crippen LogP contribution in [-0.2, 0) is 0 Å². The van der Waals surface area contributed by atoms with Gasteiger partial charge in [-0.15, -0.1) is 8.58 Å². The van der Waals surface area contributed by atoms with Gasteiger partial charge in [0.25, 0.3) is 0 Å². The first-order valence-electron chi connectivity index (χ1n) is 5.69. The van der Waals surface area contributed by atoms with Gasteiger partial charge in [-0.25, -0.2) is 0 Å². The molecule has 1 unspecified atom stereocenters. The SMILES string of the molecule is CCCCCCCPCC(C#N)(C#N)C#N. The van der Waals surface area contributed by atoms with Gasteiger partial charge < -0.3 is 0 Å². The van der Waals surface area contributed by atoms with Gasteiger partial charge in [0.2, 0.25) is 5.41 Å². The van der Waals surface area contributed by atoms with E-state index in [1.165, 1.54) is 25.7 Å². The molecule has 0 aliphatic rings. The van der Waals surface area contributed by atoms with E-state index in [0.29, 0.717) is 14.7 Å². The molecular formula is C12H18N3P. The van der Waals surface area contributed by atoms with Gasteiger partial charge in [0, 0.05) is 6.16 Å². The Balaban J connectivity index is 3.63. The highest BCUT2D eigenvalue weighted by Gasteiger charge is 2.28. The van der Waals surface area contributed by atoms with Crippen molar-refractivity contribution in [3.05, 3.63) is 0 Å². The zero-order valence-corrected chi connectivity index (χ0v) is 10.8. The molecule has 0 radical (unpaired) electrons. The number of unbranched alkanes of at least 4 members (excludes halogenated alkanes) is 4. The molecule has 4 heteroatoms. The fraction of sp³-hybridized carbons (Fsp3) is 0.750. The van der Waals surface area contributed by atoms with Crippen LogP contribution in [-0.4, -0.2) is 12.3 Å². The Labute approximate surface area is 99.8 Å². The van der Waals surface area contributed by atoms with Crippen molar-refractivity contribution in [2.45, 2.75) is 39.0 Å². The normalized spacial score (nSPS) is 10.9. The summed E-state index contributed by atoms with van der Waals surface area (Å²) in [6.45, 7) is 2.18. The molecule has 0 aliphatic carbocycles. The van der Waals surface area contributed by atoms with Crippen molar-refractivity contribution in [1.82, 2.24) is 0 Å². The van der Waals surface area contributed by atoms with Gasteiger partial charge in [-0.2, -0.15) is 15.8 Å². The fourth-order valence-electron chi connectivity index (χ4n) is 1.32. The summed E-state index contributed by atoms with van der Waals surface area (Å²) >= 11 is 0. The molecule has 0 aromatic heterocycles. The summed E-state index contributed by atoms with van der Waals surface area (Å²) in [6, 6.07) is 5.43. The van der Waals surface area contributed by atoms with Crippen LogP contribution < -0.4 is 0 Å². The second-order valence-electron chi connectivity index (χ2n) is 3.83. The Kier molecular flexibility index (Phi) is 8.52. The minimum Gasteiger partial charge on any atom is -0.195 e. The third-order valence-corrected chi connectivity index (χ3v) is 3.91. The zero-order chi connectivity index (χ0) is 12.3. The highest BCUT2D eigenvalue weighted by atomic mass is 31.1. The molecular weight excluding hydrogens is 217 g/mol. The van der Waals surface area contributed by atoms with E-state index in [0.717, 1.165) is 12.6 Å². The van der Waals surface area contributed by atoms with E-state index < -0.39 is 5.41 Å². The summed E-state index contributed by atoms with van der Waals surface area (Å²) in [7, 11) is 0.548. The molecule has 0 amide bonds. The molecule has 0 saturated carbocycles. The Hall–Kier alpha value is -1.10. The third-order valence-electron chi connectivity index (χ3n) is 2.42. The summed E-state index contributed by atoms with van der Waals surface area (Å²) in [4.78, 5) is 0. The van der Waals surface area contributed by atoms with Crippen LogP contribution in [0.4, 0.5) is 0 Å². The molecule has 16 heavy (non-hydrogen) atoms. The Morgan fingerprint density at radius 1 is 0.938 bits per heavy atom. The average Bonchev–Trinajstić information content (AvgIpc) is 2.34. The van der Waals surface area contributed by atoms with Crippen molar-refractivity contribution >= 4 is 8.58 Å². The molecule has 0 aromatic carbocycles. The van der Waals surface area contributed by atoms with E-state index in [1.54, 1.807) is 0 Å². The standard InChI is InChI=1S/C12H18N3P/c1-2-3-4-5-6-7-16-11-12(8-13,9-14)10-15/h16H,2-7,11H2,1H3. The molecule has 0 aliphatic heterocycles. The molecule has 0 fully saturated rings. The second-order valence-corrected chi connectivity index (χ2v) is 5.19. The highest BCUT2D eigenvalue weighted by molar-refractivity contribution is 7.38. The van der Waals surface area contributed by atoms with E-state index >= 15 is 0 Å². The molecule has 0 aromatic rings. The average molecular weight is 235 g/mol. The number of nitriles is 3. The third kappa shape index (κ3) is 5.70. The smallest absolute Gasteiger partial charge is 0.195 e. The lowest BCUT2D eigenvalue weighted by atomic mass is 9.97. The minimum atomic E-state index is -1.40.